The smallest absolute Gasteiger partial charge is 0.230 e. The van der Waals surface area contributed by atoms with E-state index >= 15 is 0 Å². The quantitative estimate of drug-likeness (QED) is 0.676. The molecule has 0 aromatic carbocycles. The minimum Gasteiger partial charge on any atom is -0.394 e. The molecule has 1 amide bonds. The lowest BCUT2D eigenvalue weighted by atomic mass is 9.91. The van der Waals surface area contributed by atoms with Crippen molar-refractivity contribution >= 4 is 17.7 Å². The molecule has 0 atom stereocenters. The SMILES string of the molecule is CCCCSCC(=O)NC1(CO)CCOCC1. The highest BCUT2D eigenvalue weighted by molar-refractivity contribution is 7.99. The first kappa shape index (κ1) is 14.8. The predicted molar refractivity (Wildman–Crippen MR) is 70.2 cm³/mol. The molecule has 17 heavy (non-hydrogen) atoms. The average Bonchev–Trinajstić information content (AvgIpc) is 2.36. The van der Waals surface area contributed by atoms with Crippen molar-refractivity contribution in [3.63, 3.8) is 0 Å². The first-order valence-corrected chi connectivity index (χ1v) is 7.45. The van der Waals surface area contributed by atoms with Gasteiger partial charge in [0.2, 0.25) is 5.91 Å². The van der Waals surface area contributed by atoms with E-state index in [-0.39, 0.29) is 12.5 Å². The maximum atomic E-state index is 11.8. The molecule has 0 bridgehead atoms. The maximum absolute atomic E-state index is 11.8. The van der Waals surface area contributed by atoms with Crippen molar-refractivity contribution < 1.29 is 14.6 Å². The maximum Gasteiger partial charge on any atom is 0.230 e. The van der Waals surface area contributed by atoms with Gasteiger partial charge in [-0.05, 0) is 25.0 Å². The van der Waals surface area contributed by atoms with E-state index in [0.717, 1.165) is 18.6 Å². The largest absolute Gasteiger partial charge is 0.394 e. The molecular formula is C12H23NO3S. The molecule has 0 aromatic heterocycles. The number of rotatable bonds is 7. The van der Waals surface area contributed by atoms with Crippen LogP contribution in [0.1, 0.15) is 32.6 Å². The van der Waals surface area contributed by atoms with Crippen LogP contribution in [0.2, 0.25) is 0 Å². The summed E-state index contributed by atoms with van der Waals surface area (Å²) in [6.45, 7) is 3.37. The monoisotopic (exact) mass is 261 g/mol. The number of nitrogens with one attached hydrogen (secondary N) is 1. The van der Waals surface area contributed by atoms with Gasteiger partial charge in [-0.3, -0.25) is 4.79 Å². The molecule has 1 aliphatic heterocycles. The molecule has 0 aliphatic carbocycles. The van der Waals surface area contributed by atoms with E-state index < -0.39 is 5.54 Å². The van der Waals surface area contributed by atoms with Crippen molar-refractivity contribution in [2.24, 2.45) is 0 Å². The first-order chi connectivity index (χ1) is 8.22. The highest BCUT2D eigenvalue weighted by atomic mass is 32.2. The van der Waals surface area contributed by atoms with Crippen LogP contribution in [0.25, 0.3) is 0 Å². The molecule has 1 aliphatic rings. The topological polar surface area (TPSA) is 58.6 Å². The molecule has 4 nitrogen and oxygen atoms in total. The molecule has 0 aromatic rings. The van der Waals surface area contributed by atoms with E-state index in [9.17, 15) is 9.90 Å². The zero-order valence-electron chi connectivity index (χ0n) is 10.5. The number of amides is 1. The molecule has 100 valence electrons. The van der Waals surface area contributed by atoms with Crippen molar-refractivity contribution in [1.29, 1.82) is 0 Å². The first-order valence-electron chi connectivity index (χ1n) is 6.30. The van der Waals surface area contributed by atoms with Crippen LogP contribution in [0.5, 0.6) is 0 Å². The number of carbonyl (C=O) groups excluding carboxylic acids is 1. The lowest BCUT2D eigenvalue weighted by Gasteiger charge is -2.36. The Morgan fingerprint density at radius 3 is 2.76 bits per heavy atom. The summed E-state index contributed by atoms with van der Waals surface area (Å²) < 4.78 is 5.25. The normalized spacial score (nSPS) is 18.9. The number of hydrogen-bond donors (Lipinski definition) is 2. The van der Waals surface area contributed by atoms with Crippen LogP contribution in [0.4, 0.5) is 0 Å². The lowest BCUT2D eigenvalue weighted by molar-refractivity contribution is -0.122. The molecule has 0 saturated carbocycles. The van der Waals surface area contributed by atoms with Crippen molar-refractivity contribution in [3.8, 4) is 0 Å². The number of hydrogen-bond acceptors (Lipinski definition) is 4. The zero-order valence-corrected chi connectivity index (χ0v) is 11.4. The summed E-state index contributed by atoms with van der Waals surface area (Å²) in [5, 5.41) is 12.4. The summed E-state index contributed by atoms with van der Waals surface area (Å²) in [6.07, 6.45) is 3.72. The van der Waals surface area contributed by atoms with Gasteiger partial charge in [-0.2, -0.15) is 11.8 Å². The highest BCUT2D eigenvalue weighted by Crippen LogP contribution is 2.20. The van der Waals surface area contributed by atoms with Crippen LogP contribution in [-0.4, -0.2) is 47.9 Å². The fourth-order valence-corrected chi connectivity index (χ4v) is 2.72. The molecule has 1 heterocycles. The van der Waals surface area contributed by atoms with Gasteiger partial charge in [0.15, 0.2) is 0 Å². The van der Waals surface area contributed by atoms with E-state index in [1.807, 2.05) is 0 Å². The van der Waals surface area contributed by atoms with Crippen LogP contribution in [-0.2, 0) is 9.53 Å². The van der Waals surface area contributed by atoms with Gasteiger partial charge in [0.25, 0.3) is 0 Å². The third-order valence-electron chi connectivity index (χ3n) is 3.03. The van der Waals surface area contributed by atoms with Gasteiger partial charge in [-0.25, -0.2) is 0 Å². The van der Waals surface area contributed by atoms with Crippen molar-refractivity contribution in [1.82, 2.24) is 5.32 Å². The Hall–Kier alpha value is -0.260. The second-order valence-electron chi connectivity index (χ2n) is 4.51. The van der Waals surface area contributed by atoms with Gasteiger partial charge in [-0.1, -0.05) is 13.3 Å². The molecule has 0 unspecified atom stereocenters. The minimum atomic E-state index is -0.444. The Balaban J connectivity index is 2.27. The van der Waals surface area contributed by atoms with E-state index in [2.05, 4.69) is 12.2 Å². The van der Waals surface area contributed by atoms with Crippen molar-refractivity contribution in [2.75, 3.05) is 31.3 Å². The Morgan fingerprint density at radius 1 is 1.47 bits per heavy atom. The summed E-state index contributed by atoms with van der Waals surface area (Å²) in [4.78, 5) is 11.8. The molecule has 0 radical (unpaired) electrons. The number of aliphatic hydroxyl groups is 1. The van der Waals surface area contributed by atoms with E-state index in [1.54, 1.807) is 11.8 Å². The summed E-state index contributed by atoms with van der Waals surface area (Å²) in [6, 6.07) is 0. The second kappa shape index (κ2) is 7.95. The summed E-state index contributed by atoms with van der Waals surface area (Å²) >= 11 is 1.66. The van der Waals surface area contributed by atoms with Gasteiger partial charge in [0.1, 0.15) is 0 Å². The number of unbranched alkanes of at least 4 members (excludes halogenated alkanes) is 1. The second-order valence-corrected chi connectivity index (χ2v) is 5.61. The van der Waals surface area contributed by atoms with Crippen LogP contribution < -0.4 is 5.32 Å². The molecule has 0 spiro atoms. The number of aliphatic hydroxyl groups excluding tert-OH is 1. The van der Waals surface area contributed by atoms with Gasteiger partial charge < -0.3 is 15.2 Å². The van der Waals surface area contributed by atoms with Gasteiger partial charge in [0, 0.05) is 13.2 Å². The fraction of sp³-hybridized carbons (Fsp3) is 0.917. The summed E-state index contributed by atoms with van der Waals surface area (Å²) in [7, 11) is 0. The lowest BCUT2D eigenvalue weighted by Crippen LogP contribution is -2.55. The van der Waals surface area contributed by atoms with Crippen LogP contribution in [0.3, 0.4) is 0 Å². The number of thioether (sulfide) groups is 1. The standard InChI is InChI=1S/C12H23NO3S/c1-2-3-8-17-9-11(15)13-12(10-14)4-6-16-7-5-12/h14H,2-10H2,1H3,(H,13,15). The third kappa shape index (κ3) is 5.27. The average molecular weight is 261 g/mol. The summed E-state index contributed by atoms with van der Waals surface area (Å²) in [5.74, 6) is 1.55. The molecule has 1 rings (SSSR count). The zero-order chi connectivity index (χ0) is 12.6. The predicted octanol–water partition coefficient (Wildman–Crippen LogP) is 1.18. The van der Waals surface area contributed by atoms with Gasteiger partial charge in [-0.15, -0.1) is 0 Å². The molecule has 1 saturated heterocycles. The van der Waals surface area contributed by atoms with Gasteiger partial charge >= 0.3 is 0 Å². The Bertz CT molecular complexity index is 230. The molecular weight excluding hydrogens is 238 g/mol. The van der Waals surface area contributed by atoms with Crippen molar-refractivity contribution in [3.05, 3.63) is 0 Å². The van der Waals surface area contributed by atoms with E-state index in [4.69, 9.17) is 4.74 Å². The van der Waals surface area contributed by atoms with Crippen LogP contribution in [0.15, 0.2) is 0 Å². The van der Waals surface area contributed by atoms with Crippen LogP contribution >= 0.6 is 11.8 Å². The molecule has 2 N–H and O–H groups in total. The number of ether oxygens (including phenoxy) is 1. The van der Waals surface area contributed by atoms with E-state index in [0.29, 0.717) is 31.8 Å². The minimum absolute atomic E-state index is 0.00171. The fourth-order valence-electron chi connectivity index (χ4n) is 1.83. The molecule has 1 fully saturated rings. The highest BCUT2D eigenvalue weighted by Gasteiger charge is 2.33. The van der Waals surface area contributed by atoms with Crippen molar-refractivity contribution in [2.45, 2.75) is 38.1 Å². The molecule has 5 heteroatoms. The Morgan fingerprint density at radius 2 is 2.18 bits per heavy atom. The summed E-state index contributed by atoms with van der Waals surface area (Å²) in [5.41, 5.74) is -0.444. The number of carbonyl (C=O) groups is 1. The van der Waals surface area contributed by atoms with Gasteiger partial charge in [0.05, 0.1) is 17.9 Å². The van der Waals surface area contributed by atoms with Crippen LogP contribution in [0, 0.1) is 0 Å². The van der Waals surface area contributed by atoms with E-state index in [1.165, 1.54) is 0 Å². The third-order valence-corrected chi connectivity index (χ3v) is 4.08. The Kier molecular flexibility index (Phi) is 6.92. The Labute approximate surface area is 107 Å².